The molecule has 1 rings (SSSR count). The molecule has 7 nitrogen and oxygen atoms in total. The molecule has 0 aromatic carbocycles. The van der Waals surface area contributed by atoms with Crippen LogP contribution < -0.4 is 11.2 Å². The maximum absolute atomic E-state index is 11.4. The highest BCUT2D eigenvalue weighted by Crippen LogP contribution is 2.13. The fourth-order valence-electron chi connectivity index (χ4n) is 1.07. The molecule has 17 heavy (non-hydrogen) atoms. The predicted molar refractivity (Wildman–Crippen MR) is 65.1 cm³/mol. The number of nitrogens with two attached hydrogens (primary N) is 1. The number of hydrogen-bond donors (Lipinski definition) is 2. The fourth-order valence-corrected chi connectivity index (χ4v) is 1.81. The summed E-state index contributed by atoms with van der Waals surface area (Å²) in [6, 6.07) is 0. The minimum Gasteiger partial charge on any atom is -0.385 e. The van der Waals surface area contributed by atoms with Crippen LogP contribution in [0.3, 0.4) is 0 Å². The summed E-state index contributed by atoms with van der Waals surface area (Å²) in [7, 11) is 1.63. The van der Waals surface area contributed by atoms with Crippen molar-refractivity contribution in [2.24, 2.45) is 0 Å². The second kappa shape index (κ2) is 7.13. The van der Waals surface area contributed by atoms with E-state index in [4.69, 9.17) is 10.6 Å². The van der Waals surface area contributed by atoms with Gasteiger partial charge >= 0.3 is 0 Å². The Labute approximate surface area is 104 Å². The molecule has 0 atom stereocenters. The maximum Gasteiger partial charge on any atom is 0.230 e. The summed E-state index contributed by atoms with van der Waals surface area (Å²) in [5.74, 6) is 6.50. The number of ether oxygens (including phenoxy) is 1. The molecule has 0 saturated carbocycles. The number of methoxy groups -OCH3 is 1. The summed E-state index contributed by atoms with van der Waals surface area (Å²) in [4.78, 5) is 11.4. The number of aryl methyl sites for hydroxylation is 1. The van der Waals surface area contributed by atoms with Crippen LogP contribution in [0.15, 0.2) is 5.16 Å². The molecule has 1 heterocycles. The van der Waals surface area contributed by atoms with Crippen molar-refractivity contribution in [1.29, 1.82) is 0 Å². The van der Waals surface area contributed by atoms with E-state index in [1.165, 1.54) is 16.4 Å². The minimum atomic E-state index is -0.0493. The van der Waals surface area contributed by atoms with E-state index in [0.717, 1.165) is 6.42 Å². The van der Waals surface area contributed by atoms with Crippen LogP contribution in [0.2, 0.25) is 0 Å². The van der Waals surface area contributed by atoms with Gasteiger partial charge in [-0.2, -0.15) is 0 Å². The summed E-state index contributed by atoms with van der Waals surface area (Å²) in [5.41, 5.74) is 0. The first-order valence-corrected chi connectivity index (χ1v) is 6.19. The number of carbonyl (C=O) groups excluding carboxylic acids is 1. The van der Waals surface area contributed by atoms with E-state index >= 15 is 0 Å². The lowest BCUT2D eigenvalue weighted by Gasteiger charge is -2.04. The molecule has 0 spiro atoms. The number of aromatic nitrogens is 3. The van der Waals surface area contributed by atoms with Crippen molar-refractivity contribution in [3.05, 3.63) is 5.82 Å². The molecule has 0 aliphatic rings. The van der Waals surface area contributed by atoms with E-state index in [-0.39, 0.29) is 11.7 Å². The van der Waals surface area contributed by atoms with E-state index in [1.807, 2.05) is 0 Å². The van der Waals surface area contributed by atoms with Crippen LogP contribution in [0.25, 0.3) is 0 Å². The average Bonchev–Trinajstić information content (AvgIpc) is 2.63. The molecule has 1 aromatic heterocycles. The van der Waals surface area contributed by atoms with Crippen molar-refractivity contribution in [2.45, 2.75) is 18.5 Å². The van der Waals surface area contributed by atoms with Crippen molar-refractivity contribution in [1.82, 2.24) is 20.2 Å². The van der Waals surface area contributed by atoms with Crippen LogP contribution >= 0.6 is 11.8 Å². The van der Waals surface area contributed by atoms with Crippen LogP contribution in [0.5, 0.6) is 0 Å². The van der Waals surface area contributed by atoms with Gasteiger partial charge in [-0.25, -0.2) is 4.68 Å². The van der Waals surface area contributed by atoms with E-state index < -0.39 is 0 Å². The zero-order chi connectivity index (χ0) is 12.7. The quantitative estimate of drug-likeness (QED) is 0.391. The lowest BCUT2D eigenvalue weighted by Crippen LogP contribution is -2.27. The first-order chi connectivity index (χ1) is 8.15. The van der Waals surface area contributed by atoms with Gasteiger partial charge in [0.15, 0.2) is 0 Å². The van der Waals surface area contributed by atoms with Crippen LogP contribution in [0.4, 0.5) is 0 Å². The molecule has 0 unspecified atom stereocenters. The fraction of sp³-hybridized carbons (Fsp3) is 0.667. The standard InChI is InChI=1S/C9H17N5O2S/c1-7-12-13-9(14(7)10)17-6-8(15)11-4-3-5-16-2/h3-6,10H2,1-2H3,(H,11,15). The number of thioether (sulfide) groups is 1. The number of amides is 1. The van der Waals surface area contributed by atoms with Gasteiger partial charge in [0.05, 0.1) is 5.75 Å². The first-order valence-electron chi connectivity index (χ1n) is 5.20. The van der Waals surface area contributed by atoms with Crippen molar-refractivity contribution in [2.75, 3.05) is 31.9 Å². The molecule has 1 amide bonds. The predicted octanol–water partition coefficient (Wildman–Crippen LogP) is -0.455. The van der Waals surface area contributed by atoms with Gasteiger partial charge in [0.1, 0.15) is 5.82 Å². The van der Waals surface area contributed by atoms with Crippen LogP contribution in [-0.4, -0.2) is 46.8 Å². The van der Waals surface area contributed by atoms with Gasteiger partial charge in [-0.3, -0.25) is 4.79 Å². The Bertz CT molecular complexity index is 368. The molecule has 0 aliphatic heterocycles. The molecule has 0 bridgehead atoms. The molecule has 0 saturated heterocycles. The average molecular weight is 259 g/mol. The molecule has 8 heteroatoms. The molecule has 3 N–H and O–H groups in total. The number of hydrogen-bond acceptors (Lipinski definition) is 6. The van der Waals surface area contributed by atoms with Crippen LogP contribution in [0.1, 0.15) is 12.2 Å². The van der Waals surface area contributed by atoms with Crippen LogP contribution in [-0.2, 0) is 9.53 Å². The summed E-state index contributed by atoms with van der Waals surface area (Å²) >= 11 is 1.26. The second-order valence-corrected chi connectivity index (χ2v) is 4.33. The van der Waals surface area contributed by atoms with E-state index in [2.05, 4.69) is 15.5 Å². The molecule has 0 fully saturated rings. The highest BCUT2D eigenvalue weighted by atomic mass is 32.2. The Morgan fingerprint density at radius 2 is 2.35 bits per heavy atom. The molecule has 0 aliphatic carbocycles. The third-order valence-electron chi connectivity index (χ3n) is 2.01. The van der Waals surface area contributed by atoms with E-state index in [0.29, 0.717) is 24.1 Å². The van der Waals surface area contributed by atoms with Crippen molar-refractivity contribution < 1.29 is 9.53 Å². The minimum absolute atomic E-state index is 0.0493. The van der Waals surface area contributed by atoms with Crippen LogP contribution in [0, 0.1) is 6.92 Å². The van der Waals surface area contributed by atoms with Gasteiger partial charge in [-0.15, -0.1) is 10.2 Å². The molecule has 1 aromatic rings. The summed E-state index contributed by atoms with van der Waals surface area (Å²) in [5, 5.41) is 11.0. The smallest absolute Gasteiger partial charge is 0.230 e. The second-order valence-electron chi connectivity index (χ2n) is 3.38. The zero-order valence-corrected chi connectivity index (χ0v) is 10.8. The third kappa shape index (κ3) is 4.61. The number of carbonyl (C=O) groups is 1. The van der Waals surface area contributed by atoms with Gasteiger partial charge in [0, 0.05) is 20.3 Å². The molecule has 96 valence electrons. The van der Waals surface area contributed by atoms with E-state index in [1.54, 1.807) is 14.0 Å². The lowest BCUT2D eigenvalue weighted by atomic mass is 10.4. The van der Waals surface area contributed by atoms with Crippen molar-refractivity contribution in [3.8, 4) is 0 Å². The Morgan fingerprint density at radius 1 is 1.59 bits per heavy atom. The first kappa shape index (κ1) is 13.8. The van der Waals surface area contributed by atoms with Gasteiger partial charge in [0.2, 0.25) is 11.1 Å². The number of nitrogens with zero attached hydrogens (tertiary/aromatic N) is 3. The molecular formula is C9H17N5O2S. The number of rotatable bonds is 7. The molecule has 0 radical (unpaired) electrons. The zero-order valence-electron chi connectivity index (χ0n) is 9.97. The normalized spacial score (nSPS) is 10.5. The Kier molecular flexibility index (Phi) is 5.78. The summed E-state index contributed by atoms with van der Waals surface area (Å²) < 4.78 is 6.24. The third-order valence-corrected chi connectivity index (χ3v) is 2.96. The number of nitrogen functional groups attached to an aromatic ring is 1. The Morgan fingerprint density at radius 3 is 2.94 bits per heavy atom. The topological polar surface area (TPSA) is 95.1 Å². The van der Waals surface area contributed by atoms with Gasteiger partial charge < -0.3 is 15.9 Å². The van der Waals surface area contributed by atoms with Gasteiger partial charge in [-0.05, 0) is 13.3 Å². The highest BCUT2D eigenvalue weighted by Gasteiger charge is 2.09. The Balaban J connectivity index is 2.22. The monoisotopic (exact) mass is 259 g/mol. The van der Waals surface area contributed by atoms with Gasteiger partial charge in [-0.1, -0.05) is 11.8 Å². The van der Waals surface area contributed by atoms with Crippen molar-refractivity contribution >= 4 is 17.7 Å². The van der Waals surface area contributed by atoms with E-state index in [9.17, 15) is 4.79 Å². The highest BCUT2D eigenvalue weighted by molar-refractivity contribution is 7.99. The lowest BCUT2D eigenvalue weighted by molar-refractivity contribution is -0.118. The SMILES string of the molecule is COCCCNC(=O)CSc1nnc(C)n1N. The Hall–Kier alpha value is -1.28. The van der Waals surface area contributed by atoms with Gasteiger partial charge in [0.25, 0.3) is 0 Å². The largest absolute Gasteiger partial charge is 0.385 e. The number of nitrogens with one attached hydrogen (secondary N) is 1. The van der Waals surface area contributed by atoms with Crippen molar-refractivity contribution in [3.63, 3.8) is 0 Å². The summed E-state index contributed by atoms with van der Waals surface area (Å²) in [6.45, 7) is 3.01. The maximum atomic E-state index is 11.4. The molecular weight excluding hydrogens is 242 g/mol. The summed E-state index contributed by atoms with van der Waals surface area (Å²) in [6.07, 6.45) is 0.805.